The van der Waals surface area contributed by atoms with E-state index in [1.165, 1.54) is 5.56 Å². The van der Waals surface area contributed by atoms with E-state index in [2.05, 4.69) is 10.6 Å². The fraction of sp³-hybridized carbons (Fsp3) is 0.263. The first-order chi connectivity index (χ1) is 11.5. The minimum atomic E-state index is -0.301. The summed E-state index contributed by atoms with van der Waals surface area (Å²) in [6.07, 6.45) is 0.778. The Morgan fingerprint density at radius 1 is 1.04 bits per heavy atom. The third-order valence-electron chi connectivity index (χ3n) is 3.74. The largest absolute Gasteiger partial charge is 0.348 e. The number of hydrogen-bond donors (Lipinski definition) is 2. The van der Waals surface area contributed by atoms with Crippen LogP contribution in [0, 0.1) is 6.92 Å². The molecule has 1 atom stereocenters. The molecule has 0 aliphatic heterocycles. The van der Waals surface area contributed by atoms with Crippen LogP contribution in [0.5, 0.6) is 0 Å². The van der Waals surface area contributed by atoms with Crippen molar-refractivity contribution in [3.8, 4) is 0 Å². The third kappa shape index (κ3) is 5.10. The van der Waals surface area contributed by atoms with E-state index < -0.39 is 0 Å². The van der Waals surface area contributed by atoms with E-state index >= 15 is 0 Å². The molecule has 0 fully saturated rings. The minimum Gasteiger partial charge on any atom is -0.348 e. The maximum Gasteiger partial charge on any atom is 0.251 e. The lowest BCUT2D eigenvalue weighted by Gasteiger charge is -2.18. The molecule has 0 radical (unpaired) electrons. The van der Waals surface area contributed by atoms with Gasteiger partial charge in [0.15, 0.2) is 0 Å². The summed E-state index contributed by atoms with van der Waals surface area (Å²) < 4.78 is 0. The number of hydrogen-bond acceptors (Lipinski definition) is 2. The molecule has 24 heavy (non-hydrogen) atoms. The molecule has 5 heteroatoms. The Balaban J connectivity index is 1.88. The van der Waals surface area contributed by atoms with Gasteiger partial charge in [-0.25, -0.2) is 0 Å². The average molecular weight is 345 g/mol. The molecule has 0 saturated carbocycles. The zero-order valence-corrected chi connectivity index (χ0v) is 14.6. The van der Waals surface area contributed by atoms with Crippen molar-refractivity contribution in [1.29, 1.82) is 0 Å². The molecular weight excluding hydrogens is 324 g/mol. The van der Waals surface area contributed by atoms with Gasteiger partial charge < -0.3 is 10.6 Å². The van der Waals surface area contributed by atoms with Gasteiger partial charge >= 0.3 is 0 Å². The van der Waals surface area contributed by atoms with Crippen LogP contribution in [0.1, 0.15) is 40.9 Å². The molecule has 2 amide bonds. The van der Waals surface area contributed by atoms with Crippen LogP contribution in [-0.2, 0) is 4.79 Å². The van der Waals surface area contributed by atoms with Crippen LogP contribution >= 0.6 is 11.6 Å². The van der Waals surface area contributed by atoms with Gasteiger partial charge in [-0.2, -0.15) is 0 Å². The number of halogens is 1. The number of benzene rings is 2. The Kier molecular flexibility index (Phi) is 6.38. The van der Waals surface area contributed by atoms with Crippen molar-refractivity contribution in [3.05, 3.63) is 70.2 Å². The molecule has 0 spiro atoms. The van der Waals surface area contributed by atoms with E-state index in [4.69, 9.17) is 11.6 Å². The highest BCUT2D eigenvalue weighted by molar-refractivity contribution is 6.30. The van der Waals surface area contributed by atoms with Gasteiger partial charge in [-0.1, -0.05) is 48.4 Å². The molecule has 2 rings (SSSR count). The van der Waals surface area contributed by atoms with E-state index in [1.807, 2.05) is 38.1 Å². The van der Waals surface area contributed by atoms with E-state index in [0.29, 0.717) is 10.6 Å². The normalized spacial score (nSPS) is 11.6. The standard InChI is InChI=1S/C19H21ClN2O2/c1-3-17(14-6-4-13(2)5-7-14)22-18(23)12-21-19(24)15-8-10-16(20)11-9-15/h4-11,17H,3,12H2,1-2H3,(H,21,24)(H,22,23). The summed E-state index contributed by atoms with van der Waals surface area (Å²) in [5, 5.41) is 6.12. The summed E-state index contributed by atoms with van der Waals surface area (Å²) >= 11 is 5.79. The van der Waals surface area contributed by atoms with Crippen molar-refractivity contribution in [2.75, 3.05) is 6.54 Å². The molecule has 0 aliphatic rings. The number of aryl methyl sites for hydroxylation is 1. The molecular formula is C19H21ClN2O2. The molecule has 2 N–H and O–H groups in total. The molecule has 0 aliphatic carbocycles. The van der Waals surface area contributed by atoms with E-state index in [1.54, 1.807) is 24.3 Å². The van der Waals surface area contributed by atoms with Gasteiger partial charge in [-0.05, 0) is 43.2 Å². The van der Waals surface area contributed by atoms with Crippen molar-refractivity contribution in [2.45, 2.75) is 26.3 Å². The quantitative estimate of drug-likeness (QED) is 0.840. The maximum atomic E-state index is 12.1. The molecule has 0 heterocycles. The van der Waals surface area contributed by atoms with E-state index in [9.17, 15) is 9.59 Å². The summed E-state index contributed by atoms with van der Waals surface area (Å²) in [6, 6.07) is 14.5. The lowest BCUT2D eigenvalue weighted by molar-refractivity contribution is -0.120. The highest BCUT2D eigenvalue weighted by atomic mass is 35.5. The Labute approximate surface area is 147 Å². The second-order valence-corrected chi connectivity index (χ2v) is 6.07. The first-order valence-corrected chi connectivity index (χ1v) is 8.27. The van der Waals surface area contributed by atoms with Gasteiger partial charge in [0.2, 0.25) is 5.91 Å². The fourth-order valence-corrected chi connectivity index (χ4v) is 2.46. The van der Waals surface area contributed by atoms with Crippen LogP contribution in [-0.4, -0.2) is 18.4 Å². The van der Waals surface area contributed by atoms with Crippen molar-refractivity contribution in [3.63, 3.8) is 0 Å². The summed E-state index contributed by atoms with van der Waals surface area (Å²) in [7, 11) is 0. The molecule has 2 aromatic carbocycles. The molecule has 0 bridgehead atoms. The second-order valence-electron chi connectivity index (χ2n) is 5.63. The second kappa shape index (κ2) is 8.50. The Morgan fingerprint density at radius 2 is 1.67 bits per heavy atom. The molecule has 0 aromatic heterocycles. The van der Waals surface area contributed by atoms with Crippen LogP contribution in [0.4, 0.5) is 0 Å². The fourth-order valence-electron chi connectivity index (χ4n) is 2.33. The van der Waals surface area contributed by atoms with Crippen molar-refractivity contribution in [2.24, 2.45) is 0 Å². The zero-order chi connectivity index (χ0) is 17.5. The third-order valence-corrected chi connectivity index (χ3v) is 3.99. The Morgan fingerprint density at radius 3 is 2.25 bits per heavy atom. The van der Waals surface area contributed by atoms with E-state index in [0.717, 1.165) is 12.0 Å². The molecule has 4 nitrogen and oxygen atoms in total. The van der Waals surface area contributed by atoms with Crippen LogP contribution in [0.2, 0.25) is 5.02 Å². The first-order valence-electron chi connectivity index (χ1n) is 7.89. The van der Waals surface area contributed by atoms with Gasteiger partial charge in [0.05, 0.1) is 12.6 Å². The highest BCUT2D eigenvalue weighted by Crippen LogP contribution is 2.16. The van der Waals surface area contributed by atoms with Crippen molar-refractivity contribution < 1.29 is 9.59 Å². The number of rotatable bonds is 6. The van der Waals surface area contributed by atoms with Crippen LogP contribution in [0.15, 0.2) is 48.5 Å². The number of carbonyl (C=O) groups is 2. The summed E-state index contributed by atoms with van der Waals surface area (Å²) in [6.45, 7) is 3.97. The van der Waals surface area contributed by atoms with Gasteiger partial charge in [-0.15, -0.1) is 0 Å². The number of amides is 2. The highest BCUT2D eigenvalue weighted by Gasteiger charge is 2.13. The van der Waals surface area contributed by atoms with Gasteiger partial charge in [-0.3, -0.25) is 9.59 Å². The zero-order valence-electron chi connectivity index (χ0n) is 13.8. The minimum absolute atomic E-state index is 0.0643. The molecule has 0 saturated heterocycles. The van der Waals surface area contributed by atoms with Crippen LogP contribution in [0.3, 0.4) is 0 Å². The smallest absolute Gasteiger partial charge is 0.251 e. The predicted octanol–water partition coefficient (Wildman–Crippen LogP) is 3.65. The van der Waals surface area contributed by atoms with Gasteiger partial charge in [0.1, 0.15) is 0 Å². The monoisotopic (exact) mass is 344 g/mol. The molecule has 1 unspecified atom stereocenters. The summed E-state index contributed by atoms with van der Waals surface area (Å²) in [5.41, 5.74) is 2.70. The predicted molar refractivity (Wildman–Crippen MR) is 96.1 cm³/mol. The molecule has 126 valence electrons. The average Bonchev–Trinajstić information content (AvgIpc) is 2.59. The lowest BCUT2D eigenvalue weighted by Crippen LogP contribution is -2.38. The topological polar surface area (TPSA) is 58.2 Å². The summed E-state index contributed by atoms with van der Waals surface area (Å²) in [4.78, 5) is 24.1. The van der Waals surface area contributed by atoms with Crippen LogP contribution < -0.4 is 10.6 Å². The van der Waals surface area contributed by atoms with E-state index in [-0.39, 0.29) is 24.4 Å². The maximum absolute atomic E-state index is 12.1. The van der Waals surface area contributed by atoms with Crippen molar-refractivity contribution in [1.82, 2.24) is 10.6 Å². The van der Waals surface area contributed by atoms with Gasteiger partial charge in [0.25, 0.3) is 5.91 Å². The molecule has 2 aromatic rings. The Bertz CT molecular complexity index is 696. The summed E-state index contributed by atoms with van der Waals surface area (Å²) in [5.74, 6) is -0.519. The van der Waals surface area contributed by atoms with Crippen LogP contribution in [0.25, 0.3) is 0 Å². The SMILES string of the molecule is CCC(NC(=O)CNC(=O)c1ccc(Cl)cc1)c1ccc(C)cc1. The first kappa shape index (κ1) is 18.0. The lowest BCUT2D eigenvalue weighted by atomic mass is 10.0. The van der Waals surface area contributed by atoms with Gasteiger partial charge in [0, 0.05) is 10.6 Å². The number of carbonyl (C=O) groups excluding carboxylic acids is 2. The van der Waals surface area contributed by atoms with Crippen molar-refractivity contribution >= 4 is 23.4 Å². The Hall–Kier alpha value is -2.33. The number of nitrogens with one attached hydrogen (secondary N) is 2.